The van der Waals surface area contributed by atoms with Crippen LogP contribution in [0.3, 0.4) is 0 Å². The van der Waals surface area contributed by atoms with Crippen molar-refractivity contribution in [1.82, 2.24) is 0 Å². The first-order valence-electron chi connectivity index (χ1n) is 17.6. The summed E-state index contributed by atoms with van der Waals surface area (Å²) in [6.07, 6.45) is -2.07. The average molecular weight is 683 g/mol. The van der Waals surface area contributed by atoms with Gasteiger partial charge in [-0.2, -0.15) is 26.3 Å². The monoisotopic (exact) mass is 682 g/mol. The van der Waals surface area contributed by atoms with Crippen LogP contribution < -0.4 is 11.5 Å². The number of nitrogen functional groups attached to an aromatic ring is 2. The number of halogens is 6. The number of hydrogen-bond acceptors (Lipinski definition) is 4. The Morgan fingerprint density at radius 3 is 1.10 bits per heavy atom. The fraction of sp³-hybridized carbons (Fsp3) is 0.590. The molecule has 8 aliphatic rings. The highest BCUT2D eigenvalue weighted by atomic mass is 19.4. The van der Waals surface area contributed by atoms with Crippen molar-refractivity contribution in [2.75, 3.05) is 11.5 Å². The maximum atomic E-state index is 15.7. The van der Waals surface area contributed by atoms with Crippen molar-refractivity contribution < 1.29 is 36.6 Å². The van der Waals surface area contributed by atoms with Crippen LogP contribution in [-0.4, -0.2) is 22.6 Å². The lowest BCUT2D eigenvalue weighted by molar-refractivity contribution is -0.288. The Kier molecular flexibility index (Phi) is 7.42. The van der Waals surface area contributed by atoms with Crippen LogP contribution in [0.25, 0.3) is 0 Å². The van der Waals surface area contributed by atoms with E-state index in [0.29, 0.717) is 35.8 Å². The summed E-state index contributed by atoms with van der Waals surface area (Å²) in [6, 6.07) is 2.72. The highest BCUT2D eigenvalue weighted by molar-refractivity contribution is 5.74. The molecule has 10 rings (SSSR count). The van der Waals surface area contributed by atoms with Crippen molar-refractivity contribution in [3.05, 3.63) is 46.5 Å². The summed E-state index contributed by atoms with van der Waals surface area (Å²) in [5, 5.41) is 21.1. The average Bonchev–Trinajstić information content (AvgIpc) is 3.00. The molecule has 0 amide bonds. The van der Waals surface area contributed by atoms with Gasteiger partial charge in [0.1, 0.15) is 11.5 Å². The molecule has 0 aliphatic heterocycles. The number of benzene rings is 2. The fourth-order valence-electron chi connectivity index (χ4n) is 11.7. The second kappa shape index (κ2) is 11.2. The van der Waals surface area contributed by atoms with Crippen LogP contribution in [0.15, 0.2) is 24.3 Å². The Morgan fingerprint density at radius 2 is 0.816 bits per heavy atom. The quantitative estimate of drug-likeness (QED) is 0.111. The molecule has 0 aromatic heterocycles. The molecule has 0 heterocycles. The van der Waals surface area contributed by atoms with Crippen molar-refractivity contribution in [2.45, 2.75) is 82.0 Å². The predicted molar refractivity (Wildman–Crippen MR) is 173 cm³/mol. The number of phenols is 2. The summed E-state index contributed by atoms with van der Waals surface area (Å²) < 4.78 is 94.2. The Bertz CT molecular complexity index is 1620. The second-order valence-electron chi connectivity index (χ2n) is 16.0. The highest BCUT2D eigenvalue weighted by Gasteiger charge is 2.74. The number of phenolic OH excluding ortho intramolecular Hbond substituents is 2. The molecule has 0 unspecified atom stereocenters. The van der Waals surface area contributed by atoms with Crippen LogP contribution in [0.2, 0.25) is 0 Å². The SMILES string of the molecule is Nc1c(O)ccc(C(c2ccc(O)c(N)c2C#CC2C3CC4CC(C3)CC2C4)(C(F)(F)F)C(F)(F)F)c1C#CC1C2CC3CC(C2)CC1C3. The first-order chi connectivity index (χ1) is 23.2. The molecule has 8 fully saturated rings. The third-order valence-electron chi connectivity index (χ3n) is 13.3. The summed E-state index contributed by atoms with van der Waals surface area (Å²) >= 11 is 0. The minimum atomic E-state index is -5.99. The van der Waals surface area contributed by atoms with E-state index in [4.69, 9.17) is 11.5 Å². The molecule has 49 heavy (non-hydrogen) atoms. The normalized spacial score (nSPS) is 34.3. The molecular formula is C39H40F6N2O2. The number of hydrogen-bond donors (Lipinski definition) is 4. The molecule has 4 nitrogen and oxygen atoms in total. The maximum Gasteiger partial charge on any atom is 0.411 e. The summed E-state index contributed by atoms with van der Waals surface area (Å²) in [6.45, 7) is 0. The van der Waals surface area contributed by atoms with Gasteiger partial charge in [-0.25, -0.2) is 0 Å². The zero-order valence-corrected chi connectivity index (χ0v) is 27.0. The third kappa shape index (κ3) is 4.98. The standard InChI is InChI=1S/C39H40F6N2O2/c40-38(41,42)37(39(43,44)45,31-5-7-33(48)35(46)29(31)3-1-27-23-11-19-9-20(13-23)14-24(27)12-19)32-6-8-34(49)36(47)30(32)4-2-28-25-15-21-10-22(17-25)18-26(28)16-21/h5-8,19-28,48-49H,9-18,46-47H2. The van der Waals surface area contributed by atoms with Gasteiger partial charge in [-0.05, 0) is 135 Å². The summed E-state index contributed by atoms with van der Waals surface area (Å²) in [4.78, 5) is 0. The van der Waals surface area contributed by atoms with Crippen LogP contribution in [-0.2, 0) is 5.41 Å². The lowest BCUT2D eigenvalue weighted by Gasteiger charge is -2.53. The molecule has 8 aliphatic carbocycles. The topological polar surface area (TPSA) is 92.5 Å². The second-order valence-corrected chi connectivity index (χ2v) is 16.0. The lowest BCUT2D eigenvalue weighted by atomic mass is 9.52. The van der Waals surface area contributed by atoms with E-state index in [1.807, 2.05) is 0 Å². The lowest BCUT2D eigenvalue weighted by Crippen LogP contribution is -2.55. The van der Waals surface area contributed by atoms with E-state index in [9.17, 15) is 10.2 Å². The van der Waals surface area contributed by atoms with Crippen LogP contribution in [0.1, 0.15) is 86.5 Å². The number of nitrogens with two attached hydrogens (primary N) is 2. The number of alkyl halides is 6. The maximum absolute atomic E-state index is 15.7. The largest absolute Gasteiger partial charge is 0.506 e. The van der Waals surface area contributed by atoms with Gasteiger partial charge in [0.25, 0.3) is 0 Å². The third-order valence-corrected chi connectivity index (χ3v) is 13.3. The molecule has 2 aromatic carbocycles. The Hall–Kier alpha value is -3.66. The van der Waals surface area contributed by atoms with Gasteiger partial charge < -0.3 is 21.7 Å². The predicted octanol–water partition coefficient (Wildman–Crippen LogP) is 8.52. The highest BCUT2D eigenvalue weighted by Crippen LogP contribution is 2.61. The van der Waals surface area contributed by atoms with Crippen molar-refractivity contribution in [1.29, 1.82) is 0 Å². The minimum Gasteiger partial charge on any atom is -0.506 e. The van der Waals surface area contributed by atoms with Gasteiger partial charge in [0, 0.05) is 11.8 Å². The van der Waals surface area contributed by atoms with E-state index in [2.05, 4.69) is 23.7 Å². The van der Waals surface area contributed by atoms with Gasteiger partial charge in [0.05, 0.1) is 22.5 Å². The minimum absolute atomic E-state index is 0.180. The van der Waals surface area contributed by atoms with Crippen LogP contribution in [0, 0.1) is 82.9 Å². The number of anilines is 2. The number of rotatable bonds is 2. The fourth-order valence-corrected chi connectivity index (χ4v) is 11.7. The first-order valence-corrected chi connectivity index (χ1v) is 17.6. The van der Waals surface area contributed by atoms with Gasteiger partial charge >= 0.3 is 12.4 Å². The van der Waals surface area contributed by atoms with E-state index in [0.717, 1.165) is 63.5 Å². The molecule has 0 spiro atoms. The molecule has 0 atom stereocenters. The van der Waals surface area contributed by atoms with Gasteiger partial charge in [-0.15, -0.1) is 0 Å². The summed E-state index contributed by atoms with van der Waals surface area (Å²) in [5.74, 6) is 13.1. The van der Waals surface area contributed by atoms with Crippen LogP contribution in [0.4, 0.5) is 37.7 Å². The van der Waals surface area contributed by atoms with Gasteiger partial charge in [-0.1, -0.05) is 35.8 Å². The smallest absolute Gasteiger partial charge is 0.411 e. The molecule has 8 bridgehead atoms. The number of aromatic hydroxyl groups is 2. The van der Waals surface area contributed by atoms with Crippen LogP contribution in [0.5, 0.6) is 11.5 Å². The summed E-state index contributed by atoms with van der Waals surface area (Å²) in [7, 11) is 0. The van der Waals surface area contributed by atoms with E-state index in [-0.39, 0.29) is 35.5 Å². The van der Waals surface area contributed by atoms with Crippen molar-refractivity contribution >= 4 is 11.4 Å². The first kappa shape index (κ1) is 32.5. The van der Waals surface area contributed by atoms with E-state index in [1.54, 1.807) is 0 Å². The van der Waals surface area contributed by atoms with Gasteiger partial charge in [-0.3, -0.25) is 0 Å². The molecule has 8 saturated carbocycles. The molecule has 0 saturated heterocycles. The van der Waals surface area contributed by atoms with Crippen molar-refractivity contribution in [2.24, 2.45) is 59.2 Å². The molecule has 6 N–H and O–H groups in total. The Labute approximate surface area is 282 Å². The van der Waals surface area contributed by atoms with E-state index in [1.165, 1.54) is 12.8 Å². The van der Waals surface area contributed by atoms with E-state index >= 15 is 26.3 Å². The Balaban J connectivity index is 1.31. The zero-order valence-electron chi connectivity index (χ0n) is 27.0. The Morgan fingerprint density at radius 1 is 0.510 bits per heavy atom. The summed E-state index contributed by atoms with van der Waals surface area (Å²) in [5.41, 5.74) is 2.36. The zero-order chi connectivity index (χ0) is 34.6. The van der Waals surface area contributed by atoms with Crippen molar-refractivity contribution in [3.63, 3.8) is 0 Å². The molecular weight excluding hydrogens is 642 g/mol. The molecule has 0 radical (unpaired) electrons. The van der Waals surface area contributed by atoms with E-state index < -0.39 is 62.9 Å². The van der Waals surface area contributed by atoms with Gasteiger partial charge in [0.15, 0.2) is 0 Å². The molecule has 260 valence electrons. The molecule has 10 heteroatoms. The van der Waals surface area contributed by atoms with Crippen molar-refractivity contribution in [3.8, 4) is 35.2 Å². The molecule has 2 aromatic rings. The van der Waals surface area contributed by atoms with Gasteiger partial charge in [0.2, 0.25) is 5.41 Å². The van der Waals surface area contributed by atoms with Crippen LogP contribution >= 0.6 is 0 Å².